The number of hydrogen-bond acceptors (Lipinski definition) is 5. The van der Waals surface area contributed by atoms with Gasteiger partial charge in [0.05, 0.1) is 12.3 Å². The first-order chi connectivity index (χ1) is 18.1. The molecule has 0 bridgehead atoms. The van der Waals surface area contributed by atoms with Crippen LogP contribution >= 0.6 is 0 Å². The Labute approximate surface area is 218 Å². The molecule has 194 valence electrons. The third-order valence-corrected chi connectivity index (χ3v) is 7.62. The molecule has 2 amide bonds. The van der Waals surface area contributed by atoms with E-state index in [0.717, 1.165) is 75.0 Å². The van der Waals surface area contributed by atoms with E-state index in [9.17, 15) is 14.4 Å². The van der Waals surface area contributed by atoms with Crippen LogP contribution in [-0.2, 0) is 27.2 Å². The van der Waals surface area contributed by atoms with Crippen molar-refractivity contribution in [2.45, 2.75) is 44.4 Å². The Balaban J connectivity index is 1.35. The van der Waals surface area contributed by atoms with Crippen molar-refractivity contribution in [1.82, 2.24) is 15.1 Å². The second-order valence-electron chi connectivity index (χ2n) is 10.1. The van der Waals surface area contributed by atoms with Crippen LogP contribution in [0, 0.1) is 0 Å². The van der Waals surface area contributed by atoms with Crippen molar-refractivity contribution >= 4 is 23.9 Å². The summed E-state index contributed by atoms with van der Waals surface area (Å²) >= 11 is 0. The Morgan fingerprint density at radius 2 is 1.73 bits per heavy atom. The topological polar surface area (TPSA) is 79.0 Å². The number of amides is 2. The van der Waals surface area contributed by atoms with E-state index >= 15 is 0 Å². The molecule has 5 rings (SSSR count). The summed E-state index contributed by atoms with van der Waals surface area (Å²) in [5, 5.41) is 3.25. The van der Waals surface area contributed by atoms with Gasteiger partial charge in [-0.05, 0) is 72.6 Å². The van der Waals surface area contributed by atoms with Crippen molar-refractivity contribution in [2.75, 3.05) is 39.3 Å². The fourth-order valence-corrected chi connectivity index (χ4v) is 5.54. The number of carbonyl (C=O) groups excluding carboxylic acids is 3. The highest BCUT2D eigenvalue weighted by Crippen LogP contribution is 2.33. The van der Waals surface area contributed by atoms with Crippen molar-refractivity contribution in [3.8, 4) is 5.75 Å². The Hall–Kier alpha value is -3.45. The molecule has 2 aromatic carbocycles. The molecule has 0 spiro atoms. The predicted molar refractivity (Wildman–Crippen MR) is 142 cm³/mol. The molecule has 2 fully saturated rings. The maximum absolute atomic E-state index is 13.2. The fraction of sp³-hybridized carbons (Fsp3) is 0.433. The van der Waals surface area contributed by atoms with Crippen LogP contribution in [0.3, 0.4) is 0 Å². The SMILES string of the molecule is O=C(Oc1ccc(/C=C/C(=O)N2CCNCC2)c(CC(=O)N2CCCC2)c1)C1CCCc2ccccc21. The lowest BCUT2D eigenvalue weighted by Crippen LogP contribution is -2.45. The van der Waals surface area contributed by atoms with E-state index in [4.69, 9.17) is 4.74 Å². The van der Waals surface area contributed by atoms with Crippen LogP contribution < -0.4 is 10.1 Å². The lowest BCUT2D eigenvalue weighted by atomic mass is 9.83. The number of ether oxygens (including phenoxy) is 1. The number of fused-ring (bicyclic) bond motifs is 1. The Kier molecular flexibility index (Phi) is 7.99. The van der Waals surface area contributed by atoms with Crippen LogP contribution in [0.1, 0.15) is 53.9 Å². The number of nitrogens with one attached hydrogen (secondary N) is 1. The summed E-state index contributed by atoms with van der Waals surface area (Å²) in [6.07, 6.45) is 8.32. The van der Waals surface area contributed by atoms with Crippen LogP contribution in [0.15, 0.2) is 48.5 Å². The Bertz CT molecular complexity index is 1180. The lowest BCUT2D eigenvalue weighted by molar-refractivity contribution is -0.136. The highest BCUT2D eigenvalue weighted by Gasteiger charge is 2.28. The molecule has 1 atom stereocenters. The molecule has 37 heavy (non-hydrogen) atoms. The van der Waals surface area contributed by atoms with Gasteiger partial charge in [-0.25, -0.2) is 0 Å². The summed E-state index contributed by atoms with van der Waals surface area (Å²) in [5.74, 6) is -0.0880. The standard InChI is InChI=1S/C30H35N3O4/c34-28(33-18-14-31-15-19-33)13-11-22-10-12-25(20-24(22)21-29(35)32-16-3-4-17-32)37-30(36)27-9-5-7-23-6-1-2-8-26(23)27/h1-2,6,8,10-13,20,27,31H,3-5,7,9,14-19,21H2/b13-11+. The third-order valence-electron chi connectivity index (χ3n) is 7.62. The lowest BCUT2D eigenvalue weighted by Gasteiger charge is -2.26. The van der Waals surface area contributed by atoms with Gasteiger partial charge in [0.2, 0.25) is 11.8 Å². The number of piperazine rings is 1. The molecule has 1 N–H and O–H groups in total. The highest BCUT2D eigenvalue weighted by molar-refractivity contribution is 5.92. The monoisotopic (exact) mass is 501 g/mol. The molecule has 7 nitrogen and oxygen atoms in total. The molecule has 7 heteroatoms. The van der Waals surface area contributed by atoms with Gasteiger partial charge in [0.25, 0.3) is 0 Å². The number of benzene rings is 2. The molecular formula is C30H35N3O4. The second-order valence-corrected chi connectivity index (χ2v) is 10.1. The fourth-order valence-electron chi connectivity index (χ4n) is 5.54. The normalized spacial score (nSPS) is 19.6. The van der Waals surface area contributed by atoms with E-state index in [-0.39, 0.29) is 30.1 Å². The van der Waals surface area contributed by atoms with Crippen molar-refractivity contribution in [2.24, 2.45) is 0 Å². The van der Waals surface area contributed by atoms with E-state index < -0.39 is 0 Å². The number of carbonyl (C=O) groups is 3. The summed E-state index contributed by atoms with van der Waals surface area (Å²) < 4.78 is 5.86. The van der Waals surface area contributed by atoms with E-state index in [2.05, 4.69) is 11.4 Å². The molecule has 2 saturated heterocycles. The van der Waals surface area contributed by atoms with Gasteiger partial charge < -0.3 is 19.9 Å². The van der Waals surface area contributed by atoms with Gasteiger partial charge in [0, 0.05) is 45.3 Å². The van der Waals surface area contributed by atoms with E-state index in [1.807, 2.05) is 34.1 Å². The summed E-state index contributed by atoms with van der Waals surface area (Å²) in [6, 6.07) is 13.5. The number of aryl methyl sites for hydroxylation is 1. The summed E-state index contributed by atoms with van der Waals surface area (Å²) in [5.41, 5.74) is 3.81. The zero-order chi connectivity index (χ0) is 25.6. The smallest absolute Gasteiger partial charge is 0.318 e. The summed E-state index contributed by atoms with van der Waals surface area (Å²) in [6.45, 7) is 4.51. The molecule has 0 aromatic heterocycles. The first kappa shape index (κ1) is 25.2. The van der Waals surface area contributed by atoms with Gasteiger partial charge in [-0.1, -0.05) is 30.3 Å². The van der Waals surface area contributed by atoms with Crippen molar-refractivity contribution in [3.05, 3.63) is 70.8 Å². The zero-order valence-electron chi connectivity index (χ0n) is 21.3. The van der Waals surface area contributed by atoms with Crippen LogP contribution in [0.5, 0.6) is 5.75 Å². The number of esters is 1. The molecule has 1 aliphatic carbocycles. The van der Waals surface area contributed by atoms with Gasteiger partial charge in [0.1, 0.15) is 5.75 Å². The van der Waals surface area contributed by atoms with Gasteiger partial charge in [0.15, 0.2) is 0 Å². The largest absolute Gasteiger partial charge is 0.426 e. The average Bonchev–Trinajstić information content (AvgIpc) is 3.48. The Morgan fingerprint density at radius 3 is 2.54 bits per heavy atom. The van der Waals surface area contributed by atoms with E-state index in [1.54, 1.807) is 24.3 Å². The predicted octanol–water partition coefficient (Wildman–Crippen LogP) is 3.32. The molecule has 0 radical (unpaired) electrons. The minimum absolute atomic E-state index is 0.0372. The second kappa shape index (κ2) is 11.7. The number of likely N-dealkylation sites (tertiary alicyclic amines) is 1. The van der Waals surface area contributed by atoms with E-state index in [1.165, 1.54) is 5.56 Å². The quantitative estimate of drug-likeness (QED) is 0.373. The first-order valence-corrected chi connectivity index (χ1v) is 13.5. The Morgan fingerprint density at radius 1 is 0.946 bits per heavy atom. The van der Waals surface area contributed by atoms with Crippen LogP contribution in [0.2, 0.25) is 0 Å². The molecular weight excluding hydrogens is 466 g/mol. The molecule has 2 aliphatic heterocycles. The molecule has 0 saturated carbocycles. The minimum atomic E-state index is -0.282. The van der Waals surface area contributed by atoms with Crippen LogP contribution in [0.4, 0.5) is 0 Å². The first-order valence-electron chi connectivity index (χ1n) is 13.5. The van der Waals surface area contributed by atoms with Crippen molar-refractivity contribution in [1.29, 1.82) is 0 Å². The third kappa shape index (κ3) is 6.10. The van der Waals surface area contributed by atoms with Gasteiger partial charge >= 0.3 is 5.97 Å². The van der Waals surface area contributed by atoms with Crippen LogP contribution in [0.25, 0.3) is 6.08 Å². The van der Waals surface area contributed by atoms with Crippen molar-refractivity contribution < 1.29 is 19.1 Å². The number of hydrogen-bond donors (Lipinski definition) is 1. The van der Waals surface area contributed by atoms with Gasteiger partial charge in [-0.15, -0.1) is 0 Å². The van der Waals surface area contributed by atoms with E-state index in [0.29, 0.717) is 18.8 Å². The van der Waals surface area contributed by atoms with Gasteiger partial charge in [-0.2, -0.15) is 0 Å². The number of rotatable bonds is 6. The maximum atomic E-state index is 13.2. The molecule has 2 aromatic rings. The maximum Gasteiger partial charge on any atom is 0.318 e. The average molecular weight is 502 g/mol. The summed E-state index contributed by atoms with van der Waals surface area (Å²) in [7, 11) is 0. The highest BCUT2D eigenvalue weighted by atomic mass is 16.5. The summed E-state index contributed by atoms with van der Waals surface area (Å²) in [4.78, 5) is 42.5. The molecule has 1 unspecified atom stereocenters. The molecule has 3 aliphatic rings. The van der Waals surface area contributed by atoms with Crippen LogP contribution in [-0.4, -0.2) is 66.9 Å². The molecule has 2 heterocycles. The van der Waals surface area contributed by atoms with Crippen molar-refractivity contribution in [3.63, 3.8) is 0 Å². The zero-order valence-corrected chi connectivity index (χ0v) is 21.3. The number of nitrogens with zero attached hydrogens (tertiary/aromatic N) is 2. The van der Waals surface area contributed by atoms with Gasteiger partial charge in [-0.3, -0.25) is 14.4 Å². The minimum Gasteiger partial charge on any atom is -0.426 e.